The van der Waals surface area contributed by atoms with Gasteiger partial charge in [-0.3, -0.25) is 5.10 Å². The third kappa shape index (κ3) is 4.28. The molecule has 27 heavy (non-hydrogen) atoms. The van der Waals surface area contributed by atoms with E-state index in [9.17, 15) is 4.79 Å². The van der Waals surface area contributed by atoms with Crippen molar-refractivity contribution in [3.8, 4) is 5.75 Å². The molecule has 0 bridgehead atoms. The van der Waals surface area contributed by atoms with Crippen molar-refractivity contribution < 1.29 is 14.3 Å². The van der Waals surface area contributed by atoms with Crippen molar-refractivity contribution in [2.75, 3.05) is 11.5 Å². The Labute approximate surface area is 162 Å². The SMILES string of the molecule is CCOc1ccc(N(C(=O)OC(C)(C)C)c2cc(=S)nc3cc[nH]n23)cc1. The van der Waals surface area contributed by atoms with Gasteiger partial charge in [-0.05, 0) is 52.0 Å². The second-order valence-corrected chi connectivity index (χ2v) is 7.27. The van der Waals surface area contributed by atoms with Crippen molar-refractivity contribution in [3.05, 3.63) is 47.2 Å². The predicted octanol–water partition coefficient (Wildman–Crippen LogP) is 4.86. The van der Waals surface area contributed by atoms with Crippen molar-refractivity contribution in [2.24, 2.45) is 0 Å². The van der Waals surface area contributed by atoms with Crippen LogP contribution in [0, 0.1) is 4.64 Å². The number of hydrogen-bond donors (Lipinski definition) is 1. The van der Waals surface area contributed by atoms with Crippen LogP contribution in [0.4, 0.5) is 16.3 Å². The third-order valence-electron chi connectivity index (χ3n) is 3.58. The van der Waals surface area contributed by atoms with Crippen molar-refractivity contribution in [1.29, 1.82) is 0 Å². The van der Waals surface area contributed by atoms with Gasteiger partial charge in [-0.25, -0.2) is 19.2 Å². The maximum Gasteiger partial charge on any atom is 0.420 e. The number of anilines is 2. The molecule has 0 radical (unpaired) electrons. The zero-order chi connectivity index (χ0) is 19.6. The van der Waals surface area contributed by atoms with E-state index < -0.39 is 11.7 Å². The molecule has 1 N–H and O–H groups in total. The number of hydrogen-bond acceptors (Lipinski definition) is 5. The molecular weight excluding hydrogens is 364 g/mol. The third-order valence-corrected chi connectivity index (χ3v) is 3.79. The molecule has 0 aliphatic rings. The van der Waals surface area contributed by atoms with Gasteiger partial charge >= 0.3 is 6.09 Å². The molecule has 7 nitrogen and oxygen atoms in total. The van der Waals surface area contributed by atoms with E-state index in [4.69, 9.17) is 21.7 Å². The van der Waals surface area contributed by atoms with Crippen LogP contribution in [0.25, 0.3) is 5.65 Å². The van der Waals surface area contributed by atoms with Gasteiger partial charge in [0.25, 0.3) is 0 Å². The molecule has 3 rings (SSSR count). The smallest absolute Gasteiger partial charge is 0.420 e. The average Bonchev–Trinajstić information content (AvgIpc) is 3.03. The van der Waals surface area contributed by atoms with E-state index in [2.05, 4.69) is 10.1 Å². The van der Waals surface area contributed by atoms with Crippen LogP contribution >= 0.6 is 12.2 Å². The van der Waals surface area contributed by atoms with Crippen LogP contribution in [0.15, 0.2) is 42.6 Å². The first kappa shape index (κ1) is 18.9. The molecule has 0 unspecified atom stereocenters. The minimum atomic E-state index is -0.649. The maximum atomic E-state index is 13.0. The number of rotatable bonds is 4. The van der Waals surface area contributed by atoms with Crippen LogP contribution < -0.4 is 9.64 Å². The summed E-state index contributed by atoms with van der Waals surface area (Å²) in [6.45, 7) is 7.95. The lowest BCUT2D eigenvalue weighted by Gasteiger charge is -2.27. The molecule has 0 aliphatic heterocycles. The van der Waals surface area contributed by atoms with E-state index in [1.165, 1.54) is 4.90 Å². The summed E-state index contributed by atoms with van der Waals surface area (Å²) < 4.78 is 13.2. The van der Waals surface area contributed by atoms with Crippen molar-refractivity contribution >= 4 is 35.5 Å². The number of fused-ring (bicyclic) bond motifs is 1. The number of carbonyl (C=O) groups excluding carboxylic acids is 1. The number of amides is 1. The van der Waals surface area contributed by atoms with Gasteiger partial charge in [-0.2, -0.15) is 0 Å². The molecule has 0 saturated carbocycles. The minimum Gasteiger partial charge on any atom is -0.494 e. The fourth-order valence-corrected chi connectivity index (χ4v) is 2.78. The second kappa shape index (κ2) is 7.40. The Bertz CT molecular complexity index is 1000. The van der Waals surface area contributed by atoms with Gasteiger partial charge in [0.05, 0.1) is 12.3 Å². The molecular formula is C19H22N4O3S. The van der Waals surface area contributed by atoms with Crippen LogP contribution in [0.2, 0.25) is 0 Å². The van der Waals surface area contributed by atoms with Gasteiger partial charge in [0.15, 0.2) is 5.65 Å². The number of H-pyrrole nitrogens is 1. The van der Waals surface area contributed by atoms with Gasteiger partial charge in [0, 0.05) is 18.3 Å². The lowest BCUT2D eigenvalue weighted by molar-refractivity contribution is 0.0597. The first-order valence-corrected chi connectivity index (χ1v) is 9.02. The Balaban J connectivity index is 2.13. The highest BCUT2D eigenvalue weighted by molar-refractivity contribution is 7.71. The van der Waals surface area contributed by atoms with Gasteiger partial charge in [-0.1, -0.05) is 12.2 Å². The first-order chi connectivity index (χ1) is 12.8. The lowest BCUT2D eigenvalue weighted by atomic mass is 10.2. The molecule has 142 valence electrons. The van der Waals surface area contributed by atoms with Crippen molar-refractivity contribution in [1.82, 2.24) is 14.6 Å². The number of aromatic amines is 1. The van der Waals surface area contributed by atoms with Crippen LogP contribution in [0.5, 0.6) is 5.75 Å². The number of nitrogens with zero attached hydrogens (tertiary/aromatic N) is 3. The molecule has 0 saturated heterocycles. The topological polar surface area (TPSA) is 71.9 Å². The summed E-state index contributed by atoms with van der Waals surface area (Å²) in [4.78, 5) is 18.8. The van der Waals surface area contributed by atoms with E-state index in [-0.39, 0.29) is 0 Å². The molecule has 2 aromatic heterocycles. The zero-order valence-electron chi connectivity index (χ0n) is 15.7. The van der Waals surface area contributed by atoms with Crippen LogP contribution in [0.3, 0.4) is 0 Å². The van der Waals surface area contributed by atoms with E-state index in [0.717, 1.165) is 5.75 Å². The first-order valence-electron chi connectivity index (χ1n) is 8.61. The minimum absolute atomic E-state index is 0.379. The van der Waals surface area contributed by atoms with Gasteiger partial charge in [0.2, 0.25) is 0 Å². The molecule has 0 aliphatic carbocycles. The van der Waals surface area contributed by atoms with E-state index in [1.807, 2.05) is 39.8 Å². The second-order valence-electron chi connectivity index (χ2n) is 6.85. The lowest BCUT2D eigenvalue weighted by Crippen LogP contribution is -2.35. The molecule has 1 aromatic carbocycles. The summed E-state index contributed by atoms with van der Waals surface area (Å²) in [6, 6.07) is 10.6. The molecule has 3 aromatic rings. The molecule has 0 atom stereocenters. The van der Waals surface area contributed by atoms with Gasteiger partial charge in [0.1, 0.15) is 21.8 Å². The number of benzene rings is 1. The van der Waals surface area contributed by atoms with Crippen LogP contribution in [0.1, 0.15) is 27.7 Å². The highest BCUT2D eigenvalue weighted by atomic mass is 32.1. The Morgan fingerprint density at radius 2 is 1.96 bits per heavy atom. The molecule has 0 spiro atoms. The highest BCUT2D eigenvalue weighted by Crippen LogP contribution is 2.29. The fourth-order valence-electron chi connectivity index (χ4n) is 2.58. The van der Waals surface area contributed by atoms with E-state index in [1.54, 1.807) is 35.0 Å². The Hall–Kier alpha value is -2.87. The van der Waals surface area contributed by atoms with E-state index >= 15 is 0 Å². The highest BCUT2D eigenvalue weighted by Gasteiger charge is 2.27. The fraction of sp³-hybridized carbons (Fsp3) is 0.316. The summed E-state index contributed by atoms with van der Waals surface area (Å²) in [7, 11) is 0. The van der Waals surface area contributed by atoms with E-state index in [0.29, 0.717) is 28.4 Å². The predicted molar refractivity (Wildman–Crippen MR) is 106 cm³/mol. The van der Waals surface area contributed by atoms with Crippen LogP contribution in [-0.2, 0) is 4.74 Å². The maximum absolute atomic E-state index is 13.0. The number of nitrogens with one attached hydrogen (secondary N) is 1. The van der Waals surface area contributed by atoms with Crippen molar-refractivity contribution in [3.63, 3.8) is 0 Å². The monoisotopic (exact) mass is 386 g/mol. The Morgan fingerprint density at radius 3 is 2.59 bits per heavy atom. The summed E-state index contributed by atoms with van der Waals surface area (Å²) in [6.07, 6.45) is 1.21. The normalized spacial score (nSPS) is 11.4. The van der Waals surface area contributed by atoms with Gasteiger partial charge < -0.3 is 9.47 Å². The average molecular weight is 386 g/mol. The summed E-state index contributed by atoms with van der Waals surface area (Å²) in [5.41, 5.74) is 0.581. The quantitative estimate of drug-likeness (QED) is 0.648. The van der Waals surface area contributed by atoms with Gasteiger partial charge in [-0.15, -0.1) is 0 Å². The van der Waals surface area contributed by atoms with Crippen LogP contribution in [-0.4, -0.2) is 32.9 Å². The summed E-state index contributed by atoms with van der Waals surface area (Å²) in [5, 5.41) is 3.05. The standard InChI is InChI=1S/C19H22N4O3S/c1-5-25-14-8-6-13(7-9-14)22(18(24)26-19(2,3)4)17-12-16(27)21-15-10-11-20-23(15)17/h6-12,20H,5H2,1-4H3. The Morgan fingerprint density at radius 1 is 1.26 bits per heavy atom. The zero-order valence-corrected chi connectivity index (χ0v) is 16.5. The molecule has 2 heterocycles. The summed E-state index contributed by atoms with van der Waals surface area (Å²) >= 11 is 5.28. The molecule has 1 amide bonds. The molecule has 8 heteroatoms. The molecule has 0 fully saturated rings. The Kier molecular flexibility index (Phi) is 5.18. The largest absolute Gasteiger partial charge is 0.494 e. The van der Waals surface area contributed by atoms with Crippen molar-refractivity contribution in [2.45, 2.75) is 33.3 Å². The summed E-state index contributed by atoms with van der Waals surface area (Å²) in [5.74, 6) is 1.23. The number of carbonyl (C=O) groups is 1. The number of ether oxygens (including phenoxy) is 2. The number of aromatic nitrogens is 3.